The molecule has 1 aliphatic heterocycles. The van der Waals surface area contributed by atoms with Crippen LogP contribution in [0, 0.1) is 0 Å². The minimum absolute atomic E-state index is 0.0598. The molecule has 0 spiro atoms. The molecule has 3 aromatic rings. The molecule has 1 saturated carbocycles. The van der Waals surface area contributed by atoms with Gasteiger partial charge in [0.25, 0.3) is 5.91 Å². The first-order valence-electron chi connectivity index (χ1n) is 13.2. The van der Waals surface area contributed by atoms with Gasteiger partial charge in [-0.05, 0) is 70.6 Å². The maximum atomic E-state index is 12.4. The quantitative estimate of drug-likeness (QED) is 0.502. The number of ether oxygens (including phenoxy) is 2. The van der Waals surface area contributed by atoms with E-state index in [0.29, 0.717) is 23.2 Å². The number of nitrogens with zero attached hydrogens (tertiary/aromatic N) is 4. The SMILES string of the molecule is CC(C)Oc1cc2c(OC3CCCN(C)C3)ncc(-c3cnn(C4CCCCC4)c3)c2cc1C(N)=O. The average molecular weight is 492 g/mol. The van der Waals surface area contributed by atoms with Crippen molar-refractivity contribution in [2.75, 3.05) is 20.1 Å². The molecule has 3 heterocycles. The molecular weight excluding hydrogens is 454 g/mol. The van der Waals surface area contributed by atoms with E-state index in [2.05, 4.69) is 22.8 Å². The summed E-state index contributed by atoms with van der Waals surface area (Å²) in [7, 11) is 2.11. The van der Waals surface area contributed by atoms with E-state index in [0.717, 1.165) is 60.7 Å². The van der Waals surface area contributed by atoms with E-state index in [1.165, 1.54) is 19.3 Å². The zero-order valence-electron chi connectivity index (χ0n) is 21.6. The third-order valence-corrected chi connectivity index (χ3v) is 7.30. The number of carbonyl (C=O) groups is 1. The number of likely N-dealkylation sites (N-methyl/N-ethyl adjacent to an activating group) is 1. The van der Waals surface area contributed by atoms with Crippen LogP contribution in [0.5, 0.6) is 11.6 Å². The molecule has 36 heavy (non-hydrogen) atoms. The minimum atomic E-state index is -0.524. The third-order valence-electron chi connectivity index (χ3n) is 7.30. The van der Waals surface area contributed by atoms with Gasteiger partial charge in [0.1, 0.15) is 11.9 Å². The van der Waals surface area contributed by atoms with E-state index >= 15 is 0 Å². The molecule has 192 valence electrons. The largest absolute Gasteiger partial charge is 0.490 e. The van der Waals surface area contributed by atoms with Crippen LogP contribution >= 0.6 is 0 Å². The number of rotatable bonds is 7. The first-order valence-corrected chi connectivity index (χ1v) is 13.2. The van der Waals surface area contributed by atoms with E-state index in [-0.39, 0.29) is 12.2 Å². The standard InChI is InChI=1S/C28H37N5O3/c1-18(2)35-26-13-23-22(12-24(26)27(29)34)25(15-30-28(23)36-21-10-7-11-32(3)17-21)19-14-31-33(16-19)20-8-5-4-6-9-20/h12-16,18,20-21H,4-11,17H2,1-3H3,(H2,29,34). The molecule has 0 bridgehead atoms. The van der Waals surface area contributed by atoms with Crippen LogP contribution in [-0.2, 0) is 0 Å². The van der Waals surface area contributed by atoms with Crippen LogP contribution in [0.2, 0.25) is 0 Å². The summed E-state index contributed by atoms with van der Waals surface area (Å²) < 4.78 is 14.5. The summed E-state index contributed by atoms with van der Waals surface area (Å²) in [6.07, 6.45) is 14.0. The number of pyridine rings is 1. The summed E-state index contributed by atoms with van der Waals surface area (Å²) in [4.78, 5) is 19.5. The number of piperidine rings is 1. The maximum absolute atomic E-state index is 12.4. The van der Waals surface area contributed by atoms with E-state index in [1.54, 1.807) is 0 Å². The molecule has 1 amide bonds. The van der Waals surface area contributed by atoms with Crippen molar-refractivity contribution in [3.63, 3.8) is 0 Å². The van der Waals surface area contributed by atoms with Crippen molar-refractivity contribution in [2.45, 2.75) is 77.0 Å². The molecular formula is C28H37N5O3. The van der Waals surface area contributed by atoms with Gasteiger partial charge in [-0.25, -0.2) is 4.98 Å². The first-order chi connectivity index (χ1) is 17.4. The number of hydrogen-bond donors (Lipinski definition) is 1. The van der Waals surface area contributed by atoms with Crippen molar-refractivity contribution in [3.8, 4) is 22.8 Å². The number of fused-ring (bicyclic) bond motifs is 1. The van der Waals surface area contributed by atoms with Crippen molar-refractivity contribution in [3.05, 3.63) is 36.3 Å². The van der Waals surface area contributed by atoms with Gasteiger partial charge in [-0.3, -0.25) is 9.48 Å². The molecule has 1 aromatic carbocycles. The second-order valence-corrected chi connectivity index (χ2v) is 10.5. The van der Waals surface area contributed by atoms with E-state index < -0.39 is 5.91 Å². The highest BCUT2D eigenvalue weighted by atomic mass is 16.5. The Labute approximate surface area is 212 Å². The number of hydrogen-bond acceptors (Lipinski definition) is 6. The summed E-state index contributed by atoms with van der Waals surface area (Å²) in [6, 6.07) is 4.12. The molecule has 8 heteroatoms. The van der Waals surface area contributed by atoms with Gasteiger partial charge in [-0.2, -0.15) is 5.10 Å². The van der Waals surface area contributed by atoms with Gasteiger partial charge < -0.3 is 20.1 Å². The molecule has 2 fully saturated rings. The number of likely N-dealkylation sites (tertiary alicyclic amines) is 1. The fourth-order valence-electron chi connectivity index (χ4n) is 5.51. The first kappa shape index (κ1) is 24.6. The Morgan fingerprint density at radius 2 is 1.89 bits per heavy atom. The van der Waals surface area contributed by atoms with Crippen LogP contribution in [-0.4, -0.2) is 57.9 Å². The zero-order chi connectivity index (χ0) is 25.2. The Morgan fingerprint density at radius 1 is 1.08 bits per heavy atom. The maximum Gasteiger partial charge on any atom is 0.252 e. The zero-order valence-corrected chi connectivity index (χ0v) is 21.6. The van der Waals surface area contributed by atoms with Gasteiger partial charge in [-0.1, -0.05) is 19.3 Å². The Bertz CT molecular complexity index is 1230. The van der Waals surface area contributed by atoms with Gasteiger partial charge >= 0.3 is 0 Å². The fraction of sp³-hybridized carbons (Fsp3) is 0.536. The average Bonchev–Trinajstić information content (AvgIpc) is 3.34. The van der Waals surface area contributed by atoms with Gasteiger partial charge in [0.2, 0.25) is 5.88 Å². The van der Waals surface area contributed by atoms with Gasteiger partial charge in [0, 0.05) is 35.5 Å². The van der Waals surface area contributed by atoms with Crippen molar-refractivity contribution >= 4 is 16.7 Å². The molecule has 1 atom stereocenters. The van der Waals surface area contributed by atoms with Crippen LogP contribution in [0.15, 0.2) is 30.7 Å². The van der Waals surface area contributed by atoms with Crippen LogP contribution < -0.4 is 15.2 Å². The number of primary amides is 1. The highest BCUT2D eigenvalue weighted by molar-refractivity contribution is 6.06. The van der Waals surface area contributed by atoms with E-state index in [9.17, 15) is 4.79 Å². The smallest absolute Gasteiger partial charge is 0.252 e. The summed E-state index contributed by atoms with van der Waals surface area (Å²) in [5.41, 5.74) is 8.01. The van der Waals surface area contributed by atoms with Crippen molar-refractivity contribution < 1.29 is 14.3 Å². The van der Waals surface area contributed by atoms with Crippen molar-refractivity contribution in [1.82, 2.24) is 19.7 Å². The lowest BCUT2D eigenvalue weighted by atomic mass is 9.95. The topological polar surface area (TPSA) is 95.5 Å². The molecule has 8 nitrogen and oxygen atoms in total. The van der Waals surface area contributed by atoms with Crippen molar-refractivity contribution in [1.29, 1.82) is 0 Å². The van der Waals surface area contributed by atoms with Gasteiger partial charge in [-0.15, -0.1) is 0 Å². The Kier molecular flexibility index (Phi) is 7.14. The molecule has 5 rings (SSSR count). The molecule has 2 N–H and O–H groups in total. The lowest BCUT2D eigenvalue weighted by molar-refractivity contribution is 0.0992. The predicted molar refractivity (Wildman–Crippen MR) is 141 cm³/mol. The highest BCUT2D eigenvalue weighted by Crippen LogP contribution is 2.38. The minimum Gasteiger partial charge on any atom is -0.490 e. The Hall–Kier alpha value is -3.13. The highest BCUT2D eigenvalue weighted by Gasteiger charge is 2.24. The molecule has 2 aliphatic rings. The van der Waals surface area contributed by atoms with Crippen LogP contribution in [0.25, 0.3) is 21.9 Å². The monoisotopic (exact) mass is 491 g/mol. The summed E-state index contributed by atoms with van der Waals surface area (Å²) in [5.74, 6) is 0.482. The van der Waals surface area contributed by atoms with E-state index in [1.807, 2.05) is 38.4 Å². The normalized spacial score (nSPS) is 19.6. The second-order valence-electron chi connectivity index (χ2n) is 10.5. The molecule has 1 aliphatic carbocycles. The number of carbonyl (C=O) groups excluding carboxylic acids is 1. The van der Waals surface area contributed by atoms with Crippen LogP contribution in [0.4, 0.5) is 0 Å². The third kappa shape index (κ3) is 5.19. The lowest BCUT2D eigenvalue weighted by Crippen LogP contribution is -2.38. The van der Waals surface area contributed by atoms with Crippen LogP contribution in [0.3, 0.4) is 0 Å². The Balaban J connectivity index is 1.60. The number of amides is 1. The van der Waals surface area contributed by atoms with Gasteiger partial charge in [0.05, 0.1) is 23.9 Å². The Morgan fingerprint density at radius 3 is 2.61 bits per heavy atom. The summed E-state index contributed by atoms with van der Waals surface area (Å²) in [5, 5.41) is 6.37. The van der Waals surface area contributed by atoms with Crippen molar-refractivity contribution in [2.24, 2.45) is 5.73 Å². The molecule has 1 unspecified atom stereocenters. The fourth-order valence-corrected chi connectivity index (χ4v) is 5.51. The summed E-state index contributed by atoms with van der Waals surface area (Å²) >= 11 is 0. The van der Waals surface area contributed by atoms with Crippen LogP contribution in [0.1, 0.15) is 75.2 Å². The number of aromatic nitrogens is 3. The van der Waals surface area contributed by atoms with Gasteiger partial charge in [0.15, 0.2) is 0 Å². The number of benzene rings is 1. The molecule has 1 saturated heterocycles. The second kappa shape index (κ2) is 10.5. The lowest BCUT2D eigenvalue weighted by Gasteiger charge is -2.30. The molecule has 2 aromatic heterocycles. The molecule has 0 radical (unpaired) electrons. The predicted octanol–water partition coefficient (Wildman–Crippen LogP) is 4.96. The van der Waals surface area contributed by atoms with E-state index in [4.69, 9.17) is 25.3 Å². The number of nitrogens with two attached hydrogens (primary N) is 1. The summed E-state index contributed by atoms with van der Waals surface area (Å²) in [6.45, 7) is 5.79.